The van der Waals surface area contributed by atoms with Gasteiger partial charge in [0.05, 0.1) is 0 Å². The minimum absolute atomic E-state index is 0.913. The van der Waals surface area contributed by atoms with Crippen molar-refractivity contribution in [2.45, 2.75) is 123 Å². The molecule has 0 aliphatic rings. The van der Waals surface area contributed by atoms with Crippen molar-refractivity contribution in [3.63, 3.8) is 0 Å². The molecule has 2 atom stereocenters. The van der Waals surface area contributed by atoms with Crippen LogP contribution in [0.4, 0.5) is 0 Å². The van der Waals surface area contributed by atoms with E-state index in [1.54, 1.807) is 0 Å². The van der Waals surface area contributed by atoms with Crippen molar-refractivity contribution in [3.8, 4) is 0 Å². The van der Waals surface area contributed by atoms with Crippen LogP contribution in [0.1, 0.15) is 106 Å². The summed E-state index contributed by atoms with van der Waals surface area (Å²) in [6.07, 6.45) is 12.4. The van der Waals surface area contributed by atoms with Gasteiger partial charge in [0.1, 0.15) is 0 Å². The molecule has 2 unspecified atom stereocenters. The molecule has 0 aromatic carbocycles. The molecule has 0 aliphatic heterocycles. The Morgan fingerprint density at radius 1 is 0.481 bits per heavy atom. The molecule has 0 fully saturated rings. The van der Waals surface area contributed by atoms with Gasteiger partial charge in [-0.3, -0.25) is 0 Å². The molecule has 0 aromatic rings. The second-order valence-electron chi connectivity index (χ2n) is 7.95. The van der Waals surface area contributed by atoms with Crippen LogP contribution >= 0.6 is 0 Å². The van der Waals surface area contributed by atoms with E-state index in [1.807, 2.05) is 0 Å². The molecule has 27 heavy (non-hydrogen) atoms. The Balaban J connectivity index is 5.24. The number of hydrogen-bond acceptors (Lipinski definition) is 3. The van der Waals surface area contributed by atoms with Crippen molar-refractivity contribution in [1.29, 1.82) is 0 Å². The normalized spacial score (nSPS) is 16.2. The summed E-state index contributed by atoms with van der Waals surface area (Å²) >= 11 is -6.07. The van der Waals surface area contributed by atoms with E-state index in [0.717, 1.165) is 22.1 Å². The number of hydrogen-bond donors (Lipinski definition) is 0. The molecular weight excluding hydrogens is 550 g/mol. The minimum atomic E-state index is -3.04. The Morgan fingerprint density at radius 2 is 0.852 bits per heavy atom. The van der Waals surface area contributed by atoms with Gasteiger partial charge in [0.2, 0.25) is 0 Å². The zero-order valence-corrected chi connectivity index (χ0v) is 25.2. The van der Waals surface area contributed by atoms with Crippen LogP contribution in [0.15, 0.2) is 0 Å². The van der Waals surface area contributed by atoms with Crippen LogP contribution in [-0.2, 0) is 7.56 Å². The van der Waals surface area contributed by atoms with Crippen LogP contribution in [-0.4, -0.2) is 51.6 Å². The predicted molar refractivity (Wildman–Crippen MR) is 124 cm³/mol. The van der Waals surface area contributed by atoms with E-state index < -0.39 is 38.4 Å². The second kappa shape index (κ2) is 18.3. The van der Waals surface area contributed by atoms with Gasteiger partial charge in [-0.2, -0.15) is 0 Å². The molecule has 0 aliphatic carbocycles. The standard InChI is InChI=1S/2C5H11O.2C4H9.2C2H5.O.2Sn/c2*1-2-3-4-5-6;2*1-3-4-2;2*1-2;;;/h2*2-5H2,1H3;2*1,3-4H2,2H3;2*1H2,2H3;;;/q2*-1;;;;;;2*+1. The Labute approximate surface area is 181 Å². The molecule has 0 saturated heterocycles. The third-order valence-corrected chi connectivity index (χ3v) is 38.6. The Morgan fingerprint density at radius 3 is 1.15 bits per heavy atom. The zero-order valence-electron chi connectivity index (χ0n) is 19.5. The van der Waals surface area contributed by atoms with Crippen LogP contribution in [0.5, 0.6) is 0 Å². The van der Waals surface area contributed by atoms with Crippen molar-refractivity contribution in [2.24, 2.45) is 0 Å². The van der Waals surface area contributed by atoms with Gasteiger partial charge in [-0.1, -0.05) is 0 Å². The van der Waals surface area contributed by atoms with Gasteiger partial charge in [0.15, 0.2) is 0 Å². The molecule has 0 aromatic heterocycles. The van der Waals surface area contributed by atoms with Crippen LogP contribution in [0, 0.1) is 0 Å². The fraction of sp³-hybridized carbons (Fsp3) is 1.00. The summed E-state index contributed by atoms with van der Waals surface area (Å²) in [6, 6.07) is 0. The molecule has 0 saturated carbocycles. The monoisotopic (exact) mass is 602 g/mol. The first-order valence-corrected chi connectivity index (χ1v) is 24.8. The van der Waals surface area contributed by atoms with Gasteiger partial charge in [-0.05, 0) is 0 Å². The van der Waals surface area contributed by atoms with E-state index in [4.69, 9.17) is 7.56 Å². The summed E-state index contributed by atoms with van der Waals surface area (Å²) in [5.74, 6) is 0. The summed E-state index contributed by atoms with van der Waals surface area (Å²) in [6.45, 7) is 15.6. The summed E-state index contributed by atoms with van der Waals surface area (Å²) in [4.78, 5) is 0. The van der Waals surface area contributed by atoms with Gasteiger partial charge < -0.3 is 0 Å². The summed E-state index contributed by atoms with van der Waals surface area (Å²) < 4.78 is 25.4. The third-order valence-electron chi connectivity index (χ3n) is 5.50. The van der Waals surface area contributed by atoms with Crippen LogP contribution in [0.2, 0.25) is 17.7 Å². The SMILES string of the molecule is CCCCC[O][Sn]([CH2]C)([CH2]CCC)[O][Sn]([CH2]C)([CH2]CCC)[O]CCCCC. The fourth-order valence-corrected chi connectivity index (χ4v) is 43.9. The van der Waals surface area contributed by atoms with Gasteiger partial charge in [-0.15, -0.1) is 0 Å². The first-order chi connectivity index (χ1) is 13.1. The van der Waals surface area contributed by atoms with E-state index in [1.165, 1.54) is 73.1 Å². The molecule has 3 nitrogen and oxygen atoms in total. The molecule has 0 heterocycles. The van der Waals surface area contributed by atoms with E-state index in [2.05, 4.69) is 41.5 Å². The molecule has 0 amide bonds. The van der Waals surface area contributed by atoms with Gasteiger partial charge in [0.25, 0.3) is 0 Å². The molecule has 164 valence electrons. The van der Waals surface area contributed by atoms with Crippen molar-refractivity contribution in [3.05, 3.63) is 0 Å². The van der Waals surface area contributed by atoms with Crippen LogP contribution < -0.4 is 0 Å². The maximum absolute atomic E-state index is 7.26. The topological polar surface area (TPSA) is 27.7 Å². The summed E-state index contributed by atoms with van der Waals surface area (Å²) in [5, 5.41) is 0. The van der Waals surface area contributed by atoms with Crippen molar-refractivity contribution < 1.29 is 7.56 Å². The third kappa shape index (κ3) is 12.7. The number of rotatable bonds is 20. The Hall–Kier alpha value is 1.48. The summed E-state index contributed by atoms with van der Waals surface area (Å²) in [7, 11) is 0. The Kier molecular flexibility index (Phi) is 19.3. The van der Waals surface area contributed by atoms with E-state index in [-0.39, 0.29) is 0 Å². The molecule has 0 bridgehead atoms. The molecular formula is C22H50O3Sn2. The molecule has 0 rings (SSSR count). The molecule has 5 heteroatoms. The van der Waals surface area contributed by atoms with Crippen molar-refractivity contribution in [1.82, 2.24) is 0 Å². The number of unbranched alkanes of at least 4 members (excludes halogenated alkanes) is 6. The molecule has 0 radical (unpaired) electrons. The summed E-state index contributed by atoms with van der Waals surface area (Å²) in [5.41, 5.74) is 0. The maximum atomic E-state index is 7.26. The van der Waals surface area contributed by atoms with Gasteiger partial charge >= 0.3 is 183 Å². The fourth-order valence-electron chi connectivity index (χ4n) is 3.46. The van der Waals surface area contributed by atoms with Crippen LogP contribution in [0.3, 0.4) is 0 Å². The predicted octanol–water partition coefficient (Wildman–Crippen LogP) is 7.94. The zero-order chi connectivity index (χ0) is 20.4. The first-order valence-electron chi connectivity index (χ1n) is 12.1. The average Bonchev–Trinajstić information content (AvgIpc) is 2.70. The van der Waals surface area contributed by atoms with Crippen molar-refractivity contribution in [2.75, 3.05) is 13.2 Å². The molecule has 0 spiro atoms. The second-order valence-corrected chi connectivity index (χ2v) is 31.4. The molecule has 0 N–H and O–H groups in total. The average molecular weight is 600 g/mol. The quantitative estimate of drug-likeness (QED) is 0.105. The Bertz CT molecular complexity index is 301. The van der Waals surface area contributed by atoms with E-state index >= 15 is 0 Å². The van der Waals surface area contributed by atoms with Crippen molar-refractivity contribution >= 4 is 38.4 Å². The van der Waals surface area contributed by atoms with E-state index in [0.29, 0.717) is 0 Å². The first kappa shape index (κ1) is 28.5. The van der Waals surface area contributed by atoms with Crippen LogP contribution in [0.25, 0.3) is 0 Å². The van der Waals surface area contributed by atoms with Gasteiger partial charge in [-0.25, -0.2) is 0 Å². The van der Waals surface area contributed by atoms with Gasteiger partial charge in [0, 0.05) is 0 Å². The van der Waals surface area contributed by atoms with E-state index in [9.17, 15) is 0 Å².